The van der Waals surface area contributed by atoms with Crippen molar-refractivity contribution < 1.29 is 28.6 Å². The Hall–Kier alpha value is -4.19. The highest BCUT2D eigenvalue weighted by Crippen LogP contribution is 2.15. The van der Waals surface area contributed by atoms with Crippen LogP contribution in [0.25, 0.3) is 0 Å². The SMILES string of the molecule is CC/C=C\C/C=C\C/C=C\C/C=C\C/C=C\C/C=C\C/C=C\C/C=C\CCCCCCCCCCCCC(=O)OCC(COC(=O)CCCCCCCCCC)OC(=O)CCCCCCC/C=C\C/C=C\CCCC. The molecule has 0 aliphatic rings. The molecule has 0 spiro atoms. The van der Waals surface area contributed by atoms with Crippen molar-refractivity contribution in [3.8, 4) is 0 Å². The Morgan fingerprint density at radius 3 is 0.853 bits per heavy atom. The highest BCUT2D eigenvalue weighted by molar-refractivity contribution is 5.71. The highest BCUT2D eigenvalue weighted by Gasteiger charge is 2.19. The van der Waals surface area contributed by atoms with E-state index in [2.05, 4.69) is 142 Å². The van der Waals surface area contributed by atoms with Gasteiger partial charge in [-0.05, 0) is 109 Å². The van der Waals surface area contributed by atoms with Crippen molar-refractivity contribution in [1.82, 2.24) is 0 Å². The maximum Gasteiger partial charge on any atom is 0.306 e. The average molecular weight is 1040 g/mol. The molecule has 75 heavy (non-hydrogen) atoms. The van der Waals surface area contributed by atoms with E-state index in [0.717, 1.165) is 135 Å². The monoisotopic (exact) mass is 1040 g/mol. The largest absolute Gasteiger partial charge is 0.462 e. The van der Waals surface area contributed by atoms with Crippen LogP contribution in [0.3, 0.4) is 0 Å². The number of allylic oxidation sites excluding steroid dienone is 20. The molecule has 1 atom stereocenters. The molecule has 0 aliphatic carbocycles. The van der Waals surface area contributed by atoms with Crippen LogP contribution in [-0.2, 0) is 28.6 Å². The van der Waals surface area contributed by atoms with Gasteiger partial charge in [-0.2, -0.15) is 0 Å². The summed E-state index contributed by atoms with van der Waals surface area (Å²) in [6.45, 7) is 6.44. The van der Waals surface area contributed by atoms with Crippen LogP contribution < -0.4 is 0 Å². The molecular weight excluding hydrogens is 925 g/mol. The van der Waals surface area contributed by atoms with E-state index in [9.17, 15) is 14.4 Å². The third-order valence-electron chi connectivity index (χ3n) is 13.0. The fourth-order valence-electron chi connectivity index (χ4n) is 8.30. The quantitative estimate of drug-likeness (QED) is 0.0261. The molecule has 6 nitrogen and oxygen atoms in total. The molecule has 0 amide bonds. The molecule has 0 fully saturated rings. The minimum atomic E-state index is -0.785. The summed E-state index contributed by atoms with van der Waals surface area (Å²) in [5.74, 6) is -0.907. The van der Waals surface area contributed by atoms with Crippen molar-refractivity contribution in [3.63, 3.8) is 0 Å². The van der Waals surface area contributed by atoms with Gasteiger partial charge in [-0.1, -0.05) is 271 Å². The smallest absolute Gasteiger partial charge is 0.306 e. The van der Waals surface area contributed by atoms with E-state index in [1.165, 1.54) is 103 Å². The molecule has 0 aromatic carbocycles. The normalized spacial score (nSPS) is 12.9. The summed E-state index contributed by atoms with van der Waals surface area (Å²) in [6, 6.07) is 0. The maximum atomic E-state index is 12.8. The van der Waals surface area contributed by atoms with E-state index in [4.69, 9.17) is 14.2 Å². The number of carbonyl (C=O) groups excluding carboxylic acids is 3. The Morgan fingerprint density at radius 1 is 0.280 bits per heavy atom. The van der Waals surface area contributed by atoms with Crippen LogP contribution in [0.5, 0.6) is 0 Å². The number of hydrogen-bond acceptors (Lipinski definition) is 6. The lowest BCUT2D eigenvalue weighted by atomic mass is 10.1. The molecular formula is C69H114O6. The first-order valence-corrected chi connectivity index (χ1v) is 31.0. The summed E-state index contributed by atoms with van der Waals surface area (Å²) in [6.07, 6.45) is 86.5. The van der Waals surface area contributed by atoms with Crippen LogP contribution in [0, 0.1) is 0 Å². The minimum absolute atomic E-state index is 0.0842. The molecule has 0 aliphatic heterocycles. The van der Waals surface area contributed by atoms with Gasteiger partial charge in [0.15, 0.2) is 6.10 Å². The lowest BCUT2D eigenvalue weighted by Crippen LogP contribution is -2.30. The number of ether oxygens (including phenoxy) is 3. The third-order valence-corrected chi connectivity index (χ3v) is 13.0. The lowest BCUT2D eigenvalue weighted by Gasteiger charge is -2.18. The molecule has 0 saturated carbocycles. The summed E-state index contributed by atoms with van der Waals surface area (Å²) in [4.78, 5) is 38.0. The van der Waals surface area contributed by atoms with Crippen molar-refractivity contribution in [1.29, 1.82) is 0 Å². The summed E-state index contributed by atoms with van der Waals surface area (Å²) in [5, 5.41) is 0. The van der Waals surface area contributed by atoms with Gasteiger partial charge in [0, 0.05) is 19.3 Å². The second-order valence-corrected chi connectivity index (χ2v) is 20.2. The second kappa shape index (κ2) is 62.4. The first-order chi connectivity index (χ1) is 37.0. The summed E-state index contributed by atoms with van der Waals surface area (Å²) < 4.78 is 16.8. The molecule has 0 radical (unpaired) electrons. The van der Waals surface area contributed by atoms with Gasteiger partial charge in [0.2, 0.25) is 0 Å². The average Bonchev–Trinajstić information content (AvgIpc) is 3.41. The highest BCUT2D eigenvalue weighted by atomic mass is 16.6. The molecule has 1 unspecified atom stereocenters. The fourth-order valence-corrected chi connectivity index (χ4v) is 8.30. The van der Waals surface area contributed by atoms with Crippen molar-refractivity contribution in [2.75, 3.05) is 13.2 Å². The number of hydrogen-bond donors (Lipinski definition) is 0. The van der Waals surface area contributed by atoms with Crippen LogP contribution in [-0.4, -0.2) is 37.2 Å². The van der Waals surface area contributed by atoms with Gasteiger partial charge in [0.1, 0.15) is 13.2 Å². The Bertz CT molecular complexity index is 1570. The Kier molecular flexibility index (Phi) is 58.9. The second-order valence-electron chi connectivity index (χ2n) is 20.2. The van der Waals surface area contributed by atoms with Crippen molar-refractivity contribution in [2.24, 2.45) is 0 Å². The minimum Gasteiger partial charge on any atom is -0.462 e. The van der Waals surface area contributed by atoms with E-state index >= 15 is 0 Å². The topological polar surface area (TPSA) is 78.9 Å². The molecule has 0 rings (SSSR count). The molecule has 0 saturated heterocycles. The lowest BCUT2D eigenvalue weighted by molar-refractivity contribution is -0.167. The van der Waals surface area contributed by atoms with E-state index in [0.29, 0.717) is 19.3 Å². The Balaban J connectivity index is 4.12. The number of carbonyl (C=O) groups is 3. The molecule has 0 N–H and O–H groups in total. The summed E-state index contributed by atoms with van der Waals surface area (Å²) >= 11 is 0. The first-order valence-electron chi connectivity index (χ1n) is 31.0. The van der Waals surface area contributed by atoms with Gasteiger partial charge >= 0.3 is 17.9 Å². The van der Waals surface area contributed by atoms with E-state index < -0.39 is 6.10 Å². The summed E-state index contributed by atoms with van der Waals surface area (Å²) in [7, 11) is 0. The Labute approximate surface area is 462 Å². The van der Waals surface area contributed by atoms with Crippen LogP contribution in [0.2, 0.25) is 0 Å². The number of unbranched alkanes of at least 4 members (excludes halogenated alkanes) is 24. The van der Waals surface area contributed by atoms with Crippen LogP contribution in [0.1, 0.15) is 278 Å². The van der Waals surface area contributed by atoms with Gasteiger partial charge in [-0.15, -0.1) is 0 Å². The van der Waals surface area contributed by atoms with Crippen LogP contribution in [0.15, 0.2) is 122 Å². The third kappa shape index (κ3) is 60.6. The van der Waals surface area contributed by atoms with Gasteiger partial charge in [0.05, 0.1) is 0 Å². The zero-order valence-corrected chi connectivity index (χ0v) is 48.8. The predicted molar refractivity (Wildman–Crippen MR) is 325 cm³/mol. The number of rotatable bonds is 55. The number of esters is 3. The van der Waals surface area contributed by atoms with Gasteiger partial charge in [-0.25, -0.2) is 0 Å². The molecule has 0 bridgehead atoms. The zero-order chi connectivity index (χ0) is 54.3. The molecule has 0 aromatic rings. The van der Waals surface area contributed by atoms with Gasteiger partial charge in [0.25, 0.3) is 0 Å². The molecule has 0 aromatic heterocycles. The van der Waals surface area contributed by atoms with Crippen molar-refractivity contribution in [3.05, 3.63) is 122 Å². The fraction of sp³-hybridized carbons (Fsp3) is 0.667. The molecule has 426 valence electrons. The van der Waals surface area contributed by atoms with Gasteiger partial charge < -0.3 is 14.2 Å². The molecule has 0 heterocycles. The van der Waals surface area contributed by atoms with E-state index in [-0.39, 0.29) is 31.1 Å². The zero-order valence-electron chi connectivity index (χ0n) is 48.8. The van der Waals surface area contributed by atoms with Gasteiger partial charge in [-0.3, -0.25) is 14.4 Å². The predicted octanol–water partition coefficient (Wildman–Crippen LogP) is 21.2. The first kappa shape index (κ1) is 70.8. The van der Waals surface area contributed by atoms with Crippen LogP contribution >= 0.6 is 0 Å². The maximum absolute atomic E-state index is 12.8. The Morgan fingerprint density at radius 2 is 0.533 bits per heavy atom. The van der Waals surface area contributed by atoms with E-state index in [1.54, 1.807) is 0 Å². The summed E-state index contributed by atoms with van der Waals surface area (Å²) in [5.41, 5.74) is 0. The van der Waals surface area contributed by atoms with E-state index in [1.807, 2.05) is 0 Å². The van der Waals surface area contributed by atoms with Crippen molar-refractivity contribution >= 4 is 17.9 Å². The van der Waals surface area contributed by atoms with Crippen molar-refractivity contribution in [2.45, 2.75) is 284 Å². The standard InChI is InChI=1S/C69H114O6/c1-4-7-10-13-16-19-21-23-25-26-27-28-29-30-31-32-33-34-35-36-37-38-39-40-41-42-43-44-45-47-48-50-53-56-59-62-68(71)74-65-66(64-73-67(70)61-58-55-52-18-15-12-9-6-3)75-69(72)63-60-57-54-51-49-46-24-22-20-17-14-11-8-5-2/h7,10,14,16-17,19,22-25,27-28,30-31,33-34,36-37,39-40,66H,4-6,8-9,11-13,15,18,20-21,26,29,32,35,38,41-65H2,1-3H3/b10-7-,17-14-,19-16-,24-22-,25-23-,28-27-,31-30-,34-33-,37-36-,40-39-. The van der Waals surface area contributed by atoms with Crippen LogP contribution in [0.4, 0.5) is 0 Å². The molecule has 6 heteroatoms.